The van der Waals surface area contributed by atoms with Crippen LogP contribution in [0.3, 0.4) is 0 Å². The van der Waals surface area contributed by atoms with Gasteiger partial charge in [-0.3, -0.25) is 0 Å². The van der Waals surface area contributed by atoms with Gasteiger partial charge in [0.25, 0.3) is 0 Å². The van der Waals surface area contributed by atoms with Gasteiger partial charge in [-0.05, 0) is 24.5 Å². The van der Waals surface area contributed by atoms with Crippen LogP contribution in [0, 0.1) is 5.82 Å². The van der Waals surface area contributed by atoms with Crippen LogP contribution in [0.2, 0.25) is 0 Å². The quantitative estimate of drug-likeness (QED) is 0.754. The number of halogens is 1. The number of aliphatic carboxylic acids is 1. The zero-order chi connectivity index (χ0) is 10.7. The number of aliphatic hydroxyl groups is 1. The number of hydrogen-bond acceptors (Lipinski definition) is 3. The minimum absolute atomic E-state index is 0.0880. The second-order valence-corrected chi connectivity index (χ2v) is 3.48. The van der Waals surface area contributed by atoms with Crippen molar-refractivity contribution in [2.24, 2.45) is 0 Å². The first-order valence-electron chi connectivity index (χ1n) is 3.80. The molecule has 0 spiro atoms. The van der Waals surface area contributed by atoms with Gasteiger partial charge in [-0.15, -0.1) is 11.8 Å². The molecule has 1 aromatic carbocycles. The van der Waals surface area contributed by atoms with Crippen LogP contribution in [-0.4, -0.2) is 22.4 Å². The summed E-state index contributed by atoms with van der Waals surface area (Å²) >= 11 is 1.26. The summed E-state index contributed by atoms with van der Waals surface area (Å²) in [6.45, 7) is 0. The van der Waals surface area contributed by atoms with E-state index in [2.05, 4.69) is 0 Å². The molecule has 2 N–H and O–H groups in total. The average Bonchev–Trinajstić information content (AvgIpc) is 2.16. The highest BCUT2D eigenvalue weighted by molar-refractivity contribution is 7.98. The van der Waals surface area contributed by atoms with Crippen LogP contribution >= 0.6 is 11.8 Å². The van der Waals surface area contributed by atoms with Crippen molar-refractivity contribution in [2.75, 3.05) is 6.26 Å². The van der Waals surface area contributed by atoms with Gasteiger partial charge in [-0.2, -0.15) is 0 Å². The maximum Gasteiger partial charge on any atom is 0.337 e. The van der Waals surface area contributed by atoms with Gasteiger partial charge in [-0.1, -0.05) is 0 Å². The molecule has 0 aromatic heterocycles. The molecule has 0 saturated heterocycles. The number of aliphatic hydroxyl groups excluding tert-OH is 1. The third-order valence-corrected chi connectivity index (χ3v) is 2.53. The van der Waals surface area contributed by atoms with E-state index in [1.54, 1.807) is 6.26 Å². The van der Waals surface area contributed by atoms with Crippen molar-refractivity contribution in [3.8, 4) is 0 Å². The van der Waals surface area contributed by atoms with E-state index in [-0.39, 0.29) is 5.56 Å². The van der Waals surface area contributed by atoms with Crippen molar-refractivity contribution in [1.82, 2.24) is 0 Å². The molecule has 0 aliphatic rings. The van der Waals surface area contributed by atoms with Crippen LogP contribution in [0.4, 0.5) is 4.39 Å². The Labute approximate surface area is 84.6 Å². The fourth-order valence-corrected chi connectivity index (χ4v) is 1.66. The highest BCUT2D eigenvalue weighted by Crippen LogP contribution is 2.26. The fraction of sp³-hybridized carbons (Fsp3) is 0.222. The Balaban J connectivity index is 3.16. The molecule has 5 heteroatoms. The second-order valence-electron chi connectivity index (χ2n) is 2.63. The number of carboxylic acids is 1. The smallest absolute Gasteiger partial charge is 0.337 e. The summed E-state index contributed by atoms with van der Waals surface area (Å²) in [7, 11) is 0. The van der Waals surface area contributed by atoms with Gasteiger partial charge in [-0.25, -0.2) is 9.18 Å². The van der Waals surface area contributed by atoms with Crippen molar-refractivity contribution >= 4 is 17.7 Å². The lowest BCUT2D eigenvalue weighted by atomic mass is 10.1. The maximum atomic E-state index is 12.8. The molecule has 0 bridgehead atoms. The van der Waals surface area contributed by atoms with Crippen molar-refractivity contribution in [3.63, 3.8) is 0 Å². The van der Waals surface area contributed by atoms with E-state index < -0.39 is 17.9 Å². The summed E-state index contributed by atoms with van der Waals surface area (Å²) < 4.78 is 12.8. The molecule has 0 aliphatic carbocycles. The zero-order valence-electron chi connectivity index (χ0n) is 7.40. The number of thioether (sulfide) groups is 1. The summed E-state index contributed by atoms with van der Waals surface area (Å²) in [4.78, 5) is 11.1. The standard InChI is InChI=1S/C9H9FO3S/c1-14-7-3-2-5(10)4-6(7)8(11)9(12)13/h2-4,8,11H,1H3,(H,12,13). The van der Waals surface area contributed by atoms with Crippen molar-refractivity contribution in [3.05, 3.63) is 29.6 Å². The Kier molecular flexibility index (Phi) is 3.49. The minimum Gasteiger partial charge on any atom is -0.479 e. The van der Waals surface area contributed by atoms with E-state index in [0.717, 1.165) is 6.07 Å². The number of carbonyl (C=O) groups is 1. The van der Waals surface area contributed by atoms with Gasteiger partial charge in [0.05, 0.1) is 0 Å². The highest BCUT2D eigenvalue weighted by atomic mass is 32.2. The SMILES string of the molecule is CSc1ccc(F)cc1C(O)C(=O)O. The predicted molar refractivity (Wildman–Crippen MR) is 50.8 cm³/mol. The molecule has 14 heavy (non-hydrogen) atoms. The first-order chi connectivity index (χ1) is 6.56. The molecule has 0 aliphatic heterocycles. The molecule has 3 nitrogen and oxygen atoms in total. The van der Waals surface area contributed by atoms with Crippen molar-refractivity contribution in [1.29, 1.82) is 0 Å². The van der Waals surface area contributed by atoms with Crippen molar-refractivity contribution in [2.45, 2.75) is 11.0 Å². The minimum atomic E-state index is -1.67. The molecule has 0 saturated carbocycles. The Morgan fingerprint density at radius 1 is 1.57 bits per heavy atom. The van der Waals surface area contributed by atoms with Gasteiger partial charge in [0.1, 0.15) is 5.82 Å². The molecule has 0 fully saturated rings. The van der Waals surface area contributed by atoms with E-state index >= 15 is 0 Å². The van der Waals surface area contributed by atoms with Gasteiger partial charge >= 0.3 is 5.97 Å². The topological polar surface area (TPSA) is 57.5 Å². The second kappa shape index (κ2) is 4.43. The molecule has 1 unspecified atom stereocenters. The molecule has 1 atom stereocenters. The molecular weight excluding hydrogens is 207 g/mol. The van der Waals surface area contributed by atoms with Crippen LogP contribution in [0.25, 0.3) is 0 Å². The molecule has 0 radical (unpaired) electrons. The Morgan fingerprint density at radius 3 is 2.71 bits per heavy atom. The van der Waals surface area contributed by atoms with Gasteiger partial charge in [0, 0.05) is 10.5 Å². The summed E-state index contributed by atoms with van der Waals surface area (Å²) in [5, 5.41) is 17.8. The molecule has 0 heterocycles. The summed E-state index contributed by atoms with van der Waals surface area (Å²) in [5.41, 5.74) is 0.0880. The van der Waals surface area contributed by atoms with E-state index in [4.69, 9.17) is 5.11 Å². The highest BCUT2D eigenvalue weighted by Gasteiger charge is 2.19. The molecule has 76 valence electrons. The Bertz CT molecular complexity index is 354. The molecule has 0 amide bonds. The van der Waals surface area contributed by atoms with E-state index in [1.807, 2.05) is 0 Å². The normalized spacial score (nSPS) is 12.5. The maximum absolute atomic E-state index is 12.8. The third-order valence-electron chi connectivity index (χ3n) is 1.72. The van der Waals surface area contributed by atoms with Crippen LogP contribution in [0.1, 0.15) is 11.7 Å². The number of benzene rings is 1. The summed E-state index contributed by atoms with van der Waals surface area (Å²) in [5.74, 6) is -1.94. The van der Waals surface area contributed by atoms with Crippen LogP contribution in [0.15, 0.2) is 23.1 Å². The van der Waals surface area contributed by atoms with E-state index in [9.17, 15) is 14.3 Å². The van der Waals surface area contributed by atoms with Crippen molar-refractivity contribution < 1.29 is 19.4 Å². The molecular formula is C9H9FO3S. The van der Waals surface area contributed by atoms with E-state index in [1.165, 1.54) is 23.9 Å². The fourth-order valence-electron chi connectivity index (χ4n) is 1.05. The van der Waals surface area contributed by atoms with Gasteiger partial charge in [0.15, 0.2) is 6.10 Å². The largest absolute Gasteiger partial charge is 0.479 e. The summed E-state index contributed by atoms with van der Waals surface area (Å²) in [6.07, 6.45) is 0.0545. The van der Waals surface area contributed by atoms with Crippen LogP contribution in [0.5, 0.6) is 0 Å². The van der Waals surface area contributed by atoms with Gasteiger partial charge < -0.3 is 10.2 Å². The summed E-state index contributed by atoms with van der Waals surface area (Å²) in [6, 6.07) is 3.70. The average molecular weight is 216 g/mol. The van der Waals surface area contributed by atoms with E-state index in [0.29, 0.717) is 4.90 Å². The lowest BCUT2D eigenvalue weighted by Crippen LogP contribution is -2.11. The lowest BCUT2D eigenvalue weighted by Gasteiger charge is -2.10. The third kappa shape index (κ3) is 2.24. The Morgan fingerprint density at radius 2 is 2.21 bits per heavy atom. The van der Waals surface area contributed by atoms with Crippen LogP contribution < -0.4 is 0 Å². The number of carboxylic acid groups (broad SMARTS) is 1. The molecule has 1 aromatic rings. The monoisotopic (exact) mass is 216 g/mol. The molecule has 1 rings (SSSR count). The predicted octanol–water partition coefficient (Wildman–Crippen LogP) is 1.67. The first kappa shape index (κ1) is 11.0. The zero-order valence-corrected chi connectivity index (χ0v) is 8.21. The Hall–Kier alpha value is -1.07. The van der Waals surface area contributed by atoms with Crippen LogP contribution in [-0.2, 0) is 4.79 Å². The lowest BCUT2D eigenvalue weighted by molar-refractivity contribution is -0.147. The number of hydrogen-bond donors (Lipinski definition) is 2. The van der Waals surface area contributed by atoms with Gasteiger partial charge in [0.2, 0.25) is 0 Å². The number of rotatable bonds is 3. The first-order valence-corrected chi connectivity index (χ1v) is 5.03.